The Morgan fingerprint density at radius 1 is 1.03 bits per heavy atom. The maximum atomic E-state index is 13.0. The Balaban J connectivity index is 1.50. The summed E-state index contributed by atoms with van der Waals surface area (Å²) in [6, 6.07) is 22.8. The minimum absolute atomic E-state index is 0.295. The van der Waals surface area contributed by atoms with E-state index in [9.17, 15) is 9.18 Å². The molecule has 1 amide bonds. The number of carbonyl (C=O) groups excluding carboxylic acids is 1. The molecular weight excluding hydrogens is 455 g/mol. The number of hydrogen-bond donors (Lipinski definition) is 1. The molecule has 4 rings (SSSR count). The highest BCUT2D eigenvalue weighted by atomic mass is 35.5. The molecule has 7 heteroatoms. The molecule has 0 heterocycles. The second kappa shape index (κ2) is 10.8. The van der Waals surface area contributed by atoms with Gasteiger partial charge in [-0.25, -0.2) is 9.82 Å². The first kappa shape index (κ1) is 23.3. The summed E-state index contributed by atoms with van der Waals surface area (Å²) in [7, 11) is 0. The lowest BCUT2D eigenvalue weighted by atomic mass is 10.1. The van der Waals surface area contributed by atoms with E-state index in [4.69, 9.17) is 21.1 Å². The van der Waals surface area contributed by atoms with Crippen molar-refractivity contribution in [2.75, 3.05) is 6.61 Å². The van der Waals surface area contributed by atoms with Crippen molar-refractivity contribution in [2.45, 2.75) is 13.5 Å². The number of hydrazone groups is 1. The van der Waals surface area contributed by atoms with E-state index in [0.29, 0.717) is 40.9 Å². The summed E-state index contributed by atoms with van der Waals surface area (Å²) in [5.41, 5.74) is 4.35. The van der Waals surface area contributed by atoms with E-state index in [-0.39, 0.29) is 0 Å². The predicted octanol–water partition coefficient (Wildman–Crippen LogP) is 6.37. The van der Waals surface area contributed by atoms with Crippen LogP contribution in [0.1, 0.15) is 28.4 Å². The van der Waals surface area contributed by atoms with Crippen molar-refractivity contribution in [1.82, 2.24) is 5.43 Å². The molecule has 0 atom stereocenters. The van der Waals surface area contributed by atoms with Gasteiger partial charge in [0.1, 0.15) is 12.4 Å². The predicted molar refractivity (Wildman–Crippen MR) is 132 cm³/mol. The summed E-state index contributed by atoms with van der Waals surface area (Å²) >= 11 is 6.52. The number of rotatable bonds is 8. The summed E-state index contributed by atoms with van der Waals surface area (Å²) in [6.07, 6.45) is 1.45. The molecule has 0 saturated heterocycles. The van der Waals surface area contributed by atoms with Gasteiger partial charge in [-0.1, -0.05) is 54.1 Å². The second-order valence-corrected chi connectivity index (χ2v) is 7.80. The molecule has 0 aromatic heterocycles. The fourth-order valence-electron chi connectivity index (χ4n) is 3.47. The SMILES string of the molecule is CCOc1cc(/C=N\NC(=O)c2ccc(F)cc2)cc(Cl)c1OCc1cccc2ccccc12. The highest BCUT2D eigenvalue weighted by Crippen LogP contribution is 2.37. The van der Waals surface area contributed by atoms with Gasteiger partial charge < -0.3 is 9.47 Å². The first-order valence-electron chi connectivity index (χ1n) is 10.7. The maximum absolute atomic E-state index is 13.0. The number of carbonyl (C=O) groups is 1. The van der Waals surface area contributed by atoms with Crippen LogP contribution in [0.2, 0.25) is 5.02 Å². The van der Waals surface area contributed by atoms with Crippen molar-refractivity contribution in [3.63, 3.8) is 0 Å². The minimum atomic E-state index is -0.456. The van der Waals surface area contributed by atoms with Crippen molar-refractivity contribution in [2.24, 2.45) is 5.10 Å². The zero-order chi connectivity index (χ0) is 23.9. The molecule has 4 aromatic rings. The van der Waals surface area contributed by atoms with Crippen molar-refractivity contribution >= 4 is 34.5 Å². The van der Waals surface area contributed by atoms with Gasteiger partial charge in [-0.05, 0) is 65.2 Å². The molecule has 5 nitrogen and oxygen atoms in total. The molecule has 172 valence electrons. The maximum Gasteiger partial charge on any atom is 0.271 e. The van der Waals surface area contributed by atoms with Gasteiger partial charge in [0.05, 0.1) is 17.8 Å². The first-order chi connectivity index (χ1) is 16.5. The number of benzene rings is 4. The number of amides is 1. The number of halogens is 2. The lowest BCUT2D eigenvalue weighted by molar-refractivity contribution is 0.0955. The highest BCUT2D eigenvalue weighted by Gasteiger charge is 2.13. The first-order valence-corrected chi connectivity index (χ1v) is 11.1. The van der Waals surface area contributed by atoms with Gasteiger partial charge >= 0.3 is 0 Å². The fraction of sp³-hybridized carbons (Fsp3) is 0.111. The van der Waals surface area contributed by atoms with Gasteiger partial charge in [-0.3, -0.25) is 4.79 Å². The Morgan fingerprint density at radius 3 is 2.59 bits per heavy atom. The largest absolute Gasteiger partial charge is 0.490 e. The zero-order valence-corrected chi connectivity index (χ0v) is 19.2. The van der Waals surface area contributed by atoms with Crippen LogP contribution in [0.4, 0.5) is 4.39 Å². The third-order valence-electron chi connectivity index (χ3n) is 5.07. The summed E-state index contributed by atoms with van der Waals surface area (Å²) in [5, 5.41) is 6.57. The Morgan fingerprint density at radius 2 is 1.79 bits per heavy atom. The standard InChI is InChI=1S/C27H22ClFN2O3/c1-2-33-25-15-18(16-30-31-27(32)20-10-12-22(29)13-11-20)14-24(28)26(25)34-17-21-8-5-7-19-6-3-4-9-23(19)21/h3-16H,2,17H2,1H3,(H,31,32)/b30-16-. The number of fused-ring (bicyclic) bond motifs is 1. The van der Waals surface area contributed by atoms with Crippen LogP contribution >= 0.6 is 11.6 Å². The molecule has 0 aliphatic heterocycles. The van der Waals surface area contributed by atoms with E-state index in [1.807, 2.05) is 31.2 Å². The van der Waals surface area contributed by atoms with Crippen molar-refractivity contribution in [3.8, 4) is 11.5 Å². The van der Waals surface area contributed by atoms with Gasteiger partial charge in [-0.15, -0.1) is 0 Å². The van der Waals surface area contributed by atoms with Crippen LogP contribution in [0.5, 0.6) is 11.5 Å². The lowest BCUT2D eigenvalue weighted by Gasteiger charge is -2.15. The van der Waals surface area contributed by atoms with E-state index in [1.165, 1.54) is 30.5 Å². The molecule has 0 radical (unpaired) electrons. The van der Waals surface area contributed by atoms with E-state index in [0.717, 1.165) is 16.3 Å². The Kier molecular flexibility index (Phi) is 7.40. The number of nitrogens with zero attached hydrogens (tertiary/aromatic N) is 1. The molecule has 1 N–H and O–H groups in total. The van der Waals surface area contributed by atoms with E-state index >= 15 is 0 Å². The van der Waals surface area contributed by atoms with Gasteiger partial charge in [0.2, 0.25) is 0 Å². The lowest BCUT2D eigenvalue weighted by Crippen LogP contribution is -2.17. The average Bonchev–Trinajstić information content (AvgIpc) is 2.84. The number of ether oxygens (including phenoxy) is 2. The quantitative estimate of drug-likeness (QED) is 0.237. The van der Waals surface area contributed by atoms with Gasteiger partial charge in [0.25, 0.3) is 5.91 Å². The monoisotopic (exact) mass is 476 g/mol. The van der Waals surface area contributed by atoms with Gasteiger partial charge in [0.15, 0.2) is 11.5 Å². The summed E-state index contributed by atoms with van der Waals surface area (Å²) in [5.74, 6) is 0.0359. The third kappa shape index (κ3) is 5.53. The Bertz CT molecular complexity index is 1330. The average molecular weight is 477 g/mol. The van der Waals surface area contributed by atoms with Crippen LogP contribution in [0.15, 0.2) is 84.0 Å². The van der Waals surface area contributed by atoms with E-state index in [2.05, 4.69) is 28.7 Å². The third-order valence-corrected chi connectivity index (χ3v) is 5.35. The summed E-state index contributed by atoms with van der Waals surface area (Å²) < 4.78 is 24.8. The van der Waals surface area contributed by atoms with Crippen LogP contribution in [-0.2, 0) is 6.61 Å². The summed E-state index contributed by atoms with van der Waals surface area (Å²) in [6.45, 7) is 2.61. The van der Waals surface area contributed by atoms with E-state index < -0.39 is 11.7 Å². The molecule has 0 unspecified atom stereocenters. The Hall–Kier alpha value is -3.90. The molecule has 0 bridgehead atoms. The number of hydrogen-bond acceptors (Lipinski definition) is 4. The van der Waals surface area contributed by atoms with Crippen LogP contribution in [0.25, 0.3) is 10.8 Å². The topological polar surface area (TPSA) is 59.9 Å². The molecule has 0 spiro atoms. The molecule has 34 heavy (non-hydrogen) atoms. The normalized spacial score (nSPS) is 11.0. The number of nitrogens with one attached hydrogen (secondary N) is 1. The van der Waals surface area contributed by atoms with E-state index in [1.54, 1.807) is 12.1 Å². The Labute approximate surface area is 201 Å². The smallest absolute Gasteiger partial charge is 0.271 e. The van der Waals surface area contributed by atoms with Gasteiger partial charge in [0, 0.05) is 5.56 Å². The summed E-state index contributed by atoms with van der Waals surface area (Å²) in [4.78, 5) is 12.1. The van der Waals surface area contributed by atoms with Crippen LogP contribution in [-0.4, -0.2) is 18.7 Å². The molecular formula is C27H22ClFN2O3. The fourth-order valence-corrected chi connectivity index (χ4v) is 3.74. The molecule has 0 fully saturated rings. The second-order valence-electron chi connectivity index (χ2n) is 7.40. The van der Waals surface area contributed by atoms with Crippen molar-refractivity contribution < 1.29 is 18.7 Å². The van der Waals surface area contributed by atoms with Crippen LogP contribution in [0.3, 0.4) is 0 Å². The zero-order valence-electron chi connectivity index (χ0n) is 18.4. The van der Waals surface area contributed by atoms with Crippen LogP contribution in [0, 0.1) is 5.82 Å². The van der Waals surface area contributed by atoms with Gasteiger partial charge in [-0.2, -0.15) is 5.10 Å². The highest BCUT2D eigenvalue weighted by molar-refractivity contribution is 6.32. The minimum Gasteiger partial charge on any atom is -0.490 e. The molecule has 4 aromatic carbocycles. The molecule has 0 aliphatic rings. The van der Waals surface area contributed by atoms with Crippen molar-refractivity contribution in [3.05, 3.63) is 106 Å². The molecule has 0 saturated carbocycles. The van der Waals surface area contributed by atoms with Crippen molar-refractivity contribution in [1.29, 1.82) is 0 Å². The van der Waals surface area contributed by atoms with Crippen LogP contribution < -0.4 is 14.9 Å². The molecule has 0 aliphatic carbocycles.